The molecule has 0 bridgehead atoms. The molecule has 6 rings (SSSR count). The van der Waals surface area contributed by atoms with E-state index in [1.165, 1.54) is 22.5 Å². The minimum Gasteiger partial charge on any atom is -0.394 e. The van der Waals surface area contributed by atoms with Crippen molar-refractivity contribution in [2.24, 2.45) is 0 Å². The van der Waals surface area contributed by atoms with Crippen LogP contribution in [0.5, 0.6) is 0 Å². The lowest BCUT2D eigenvalue weighted by Crippen LogP contribution is -2.34. The number of aromatic amines is 2. The first-order chi connectivity index (χ1) is 32.5. The standard InChI is InChI=1S/C21H31N2O15P3.C21H28N2O6/c1-21(2,3)15-7-5-4-6-13(15)10-34-11-14-9-23(20(26)22-19(14)25)18-8-16(24)17(36-18)12-35-40(30,31)38-41(32,33)37-39(27,28)29;1-21(2,3)15-7-5-4-6-13(15)11-28-12-14-9-23(20(27)22-19(14)26)18-8-16(25)17(10-24)29-18/h4-7,9,16-18,24H,8,10-12H2,1-3H3,(H,30,31)(H,32,33)(H,22,25,26)(H2,27,28,29);4-7,9,16-18,24-25H,8,10-12H2,1-3H3,(H,22,26,27)/t2*16-,17-,18-/m11/s1. The highest BCUT2D eigenvalue weighted by molar-refractivity contribution is 7.66. The number of nitrogens with zero attached hydrogens (tertiary/aromatic N) is 2. The number of ether oxygens (including phenoxy) is 4. The lowest BCUT2D eigenvalue weighted by Gasteiger charge is -2.23. The lowest BCUT2D eigenvalue weighted by molar-refractivity contribution is -0.0461. The monoisotopic (exact) mass is 1050 g/mol. The van der Waals surface area contributed by atoms with E-state index < -0.39 is 89.4 Å². The highest BCUT2D eigenvalue weighted by atomic mass is 31.3. The van der Waals surface area contributed by atoms with Gasteiger partial charge < -0.3 is 53.8 Å². The summed E-state index contributed by atoms with van der Waals surface area (Å²) in [5.41, 5.74) is 1.65. The molecule has 0 spiro atoms. The lowest BCUT2D eigenvalue weighted by atomic mass is 9.84. The molecule has 0 radical (unpaired) electrons. The molecule has 8 atom stereocenters. The Hall–Kier alpha value is -4.07. The van der Waals surface area contributed by atoms with Gasteiger partial charge in [-0.2, -0.15) is 8.62 Å². The topological polar surface area (TPSA) is 367 Å². The third kappa shape index (κ3) is 16.0. The first kappa shape index (κ1) is 56.8. The van der Waals surface area contributed by atoms with Gasteiger partial charge in [0.2, 0.25) is 0 Å². The highest BCUT2D eigenvalue weighted by Crippen LogP contribution is 2.66. The minimum atomic E-state index is -5.72. The second-order valence-electron chi connectivity index (χ2n) is 18.4. The van der Waals surface area contributed by atoms with E-state index in [9.17, 15) is 58.0 Å². The predicted molar refractivity (Wildman–Crippen MR) is 246 cm³/mol. The Bertz CT molecular complexity index is 2830. The van der Waals surface area contributed by atoms with Crippen molar-refractivity contribution in [2.45, 2.75) is 129 Å². The molecule has 28 heteroatoms. The molecule has 2 aromatic heterocycles. The van der Waals surface area contributed by atoms with E-state index in [4.69, 9.17) is 28.7 Å². The third-order valence-corrected chi connectivity index (χ3v) is 14.6. The molecule has 2 fully saturated rings. The summed E-state index contributed by atoms with van der Waals surface area (Å²) in [4.78, 5) is 89.6. The number of nitrogens with one attached hydrogen (secondary N) is 2. The van der Waals surface area contributed by atoms with Gasteiger partial charge in [0, 0.05) is 25.2 Å². The van der Waals surface area contributed by atoms with Crippen molar-refractivity contribution in [3.05, 3.63) is 136 Å². The van der Waals surface area contributed by atoms with Gasteiger partial charge in [0.15, 0.2) is 0 Å². The summed E-state index contributed by atoms with van der Waals surface area (Å²) in [5.74, 6) is 0. The Balaban J connectivity index is 0.000000276. The van der Waals surface area contributed by atoms with Crippen molar-refractivity contribution < 1.29 is 80.7 Å². The van der Waals surface area contributed by atoms with Crippen molar-refractivity contribution in [2.75, 3.05) is 13.2 Å². The Morgan fingerprint density at radius 1 is 0.614 bits per heavy atom. The van der Waals surface area contributed by atoms with E-state index in [0.29, 0.717) is 6.61 Å². The van der Waals surface area contributed by atoms with Gasteiger partial charge in [-0.15, -0.1) is 0 Å². The summed E-state index contributed by atoms with van der Waals surface area (Å²) in [6, 6.07) is 15.7. The number of rotatable bonds is 18. The van der Waals surface area contributed by atoms with Gasteiger partial charge in [0.05, 0.1) is 63.0 Å². The Morgan fingerprint density at radius 3 is 1.41 bits per heavy atom. The van der Waals surface area contributed by atoms with Gasteiger partial charge in [-0.1, -0.05) is 90.1 Å². The molecule has 2 aliphatic rings. The van der Waals surface area contributed by atoms with Crippen LogP contribution in [0.4, 0.5) is 0 Å². The number of benzene rings is 2. The number of aromatic nitrogens is 4. The Labute approximate surface area is 400 Å². The molecule has 4 aromatic rings. The molecular formula is C42H59N4O21P3. The average Bonchev–Trinajstić information content (AvgIpc) is 3.80. The maximum Gasteiger partial charge on any atom is 0.490 e. The zero-order valence-electron chi connectivity index (χ0n) is 39.0. The van der Waals surface area contributed by atoms with Crippen LogP contribution in [0.3, 0.4) is 0 Å². The summed E-state index contributed by atoms with van der Waals surface area (Å²) >= 11 is 0. The van der Waals surface area contributed by atoms with Crippen LogP contribution < -0.4 is 22.5 Å². The number of aliphatic hydroxyl groups excluding tert-OH is 3. The molecule has 388 valence electrons. The Morgan fingerprint density at radius 2 is 1.01 bits per heavy atom. The van der Waals surface area contributed by atoms with E-state index in [1.807, 2.05) is 42.5 Å². The molecular weight excluding hydrogens is 989 g/mol. The first-order valence-corrected chi connectivity index (χ1v) is 26.1. The van der Waals surface area contributed by atoms with Gasteiger partial charge in [-0.05, 0) is 33.1 Å². The molecule has 4 heterocycles. The van der Waals surface area contributed by atoms with Crippen LogP contribution in [0.25, 0.3) is 0 Å². The highest BCUT2D eigenvalue weighted by Gasteiger charge is 2.43. The number of hydrogen-bond donors (Lipinski definition) is 9. The van der Waals surface area contributed by atoms with E-state index >= 15 is 0 Å². The summed E-state index contributed by atoms with van der Waals surface area (Å²) in [7, 11) is -16.7. The maximum absolute atomic E-state index is 12.5. The fraction of sp³-hybridized carbons (Fsp3) is 0.524. The molecule has 70 heavy (non-hydrogen) atoms. The van der Waals surface area contributed by atoms with E-state index in [2.05, 4.69) is 70.7 Å². The minimum absolute atomic E-state index is 0.0206. The molecule has 9 N–H and O–H groups in total. The summed E-state index contributed by atoms with van der Waals surface area (Å²) in [6.45, 7) is 11.7. The number of aliphatic hydroxyl groups is 3. The number of phosphoric ester groups is 1. The first-order valence-electron chi connectivity index (χ1n) is 21.5. The second-order valence-corrected chi connectivity index (χ2v) is 22.8. The number of phosphoric acid groups is 3. The van der Waals surface area contributed by atoms with Crippen molar-refractivity contribution in [1.29, 1.82) is 0 Å². The van der Waals surface area contributed by atoms with Crippen molar-refractivity contribution in [3.63, 3.8) is 0 Å². The van der Waals surface area contributed by atoms with Gasteiger partial charge in [0.1, 0.15) is 24.7 Å². The van der Waals surface area contributed by atoms with Crippen LogP contribution in [0.2, 0.25) is 0 Å². The van der Waals surface area contributed by atoms with E-state index in [0.717, 1.165) is 21.3 Å². The van der Waals surface area contributed by atoms with Crippen LogP contribution in [-0.2, 0) is 83.0 Å². The second kappa shape index (κ2) is 23.2. The SMILES string of the molecule is CC(C)(C)c1ccccc1COCc1cn([C@H]2C[C@@H](O)[C@@H](CO)O2)c(=O)[nH]c1=O.CC(C)(C)c1ccccc1COCc1cn([C@H]2C[C@@H](O)[C@@H](COP(=O)(O)OP(=O)(O)OP(=O)(O)O)O2)c(=O)[nH]c1=O. The fourth-order valence-corrected chi connectivity index (χ4v) is 10.6. The van der Waals surface area contributed by atoms with Crippen LogP contribution >= 0.6 is 23.5 Å². The fourth-order valence-electron chi connectivity index (χ4n) is 7.54. The zero-order valence-corrected chi connectivity index (χ0v) is 41.7. The number of hydrogen-bond acceptors (Lipinski definition) is 17. The smallest absolute Gasteiger partial charge is 0.394 e. The van der Waals surface area contributed by atoms with Gasteiger partial charge in [-0.3, -0.25) is 33.2 Å². The normalized spacial score (nSPS) is 22.5. The van der Waals surface area contributed by atoms with Crippen LogP contribution in [-0.4, -0.2) is 91.6 Å². The maximum atomic E-state index is 12.5. The molecule has 25 nitrogen and oxygen atoms in total. The van der Waals surface area contributed by atoms with Crippen molar-refractivity contribution in [1.82, 2.24) is 19.1 Å². The Kier molecular flexibility index (Phi) is 18.8. The van der Waals surface area contributed by atoms with Crippen LogP contribution in [0, 0.1) is 0 Å². The molecule has 0 amide bonds. The average molecular weight is 1050 g/mol. The zero-order chi connectivity index (χ0) is 52.0. The molecule has 2 saturated heterocycles. The molecule has 2 aromatic carbocycles. The summed E-state index contributed by atoms with van der Waals surface area (Å²) in [6.07, 6.45) is -3.78. The predicted octanol–water partition coefficient (Wildman–Crippen LogP) is 2.73. The van der Waals surface area contributed by atoms with Gasteiger partial charge >= 0.3 is 34.8 Å². The van der Waals surface area contributed by atoms with Gasteiger partial charge in [-0.25, -0.2) is 23.3 Å². The molecule has 0 saturated carbocycles. The number of H-pyrrole nitrogens is 2. The summed E-state index contributed by atoms with van der Waals surface area (Å²) in [5, 5.41) is 29.4. The summed E-state index contributed by atoms with van der Waals surface area (Å²) < 4.78 is 70.6. The van der Waals surface area contributed by atoms with Crippen molar-refractivity contribution in [3.8, 4) is 0 Å². The largest absolute Gasteiger partial charge is 0.490 e. The van der Waals surface area contributed by atoms with Crippen molar-refractivity contribution >= 4 is 23.5 Å². The van der Waals surface area contributed by atoms with Gasteiger partial charge in [0.25, 0.3) is 11.1 Å². The van der Waals surface area contributed by atoms with Crippen LogP contribution in [0.15, 0.2) is 80.1 Å². The molecule has 2 aliphatic heterocycles. The van der Waals surface area contributed by atoms with E-state index in [1.54, 1.807) is 0 Å². The quantitative estimate of drug-likeness (QED) is 0.0647. The third-order valence-electron chi connectivity index (χ3n) is 10.8. The molecule has 0 aliphatic carbocycles. The van der Waals surface area contributed by atoms with E-state index in [-0.39, 0.29) is 61.2 Å². The molecule has 2 unspecified atom stereocenters. The van der Waals surface area contributed by atoms with Crippen LogP contribution in [0.1, 0.15) is 100 Å².